The number of carbonyl (C=O) groups is 1. The van der Waals surface area contributed by atoms with Crippen LogP contribution in [0.15, 0.2) is 6.33 Å². The monoisotopic (exact) mass is 285 g/mol. The minimum atomic E-state index is -0.599. The van der Waals surface area contributed by atoms with Crippen molar-refractivity contribution in [2.45, 2.75) is 12.8 Å². The van der Waals surface area contributed by atoms with E-state index < -0.39 is 4.92 Å². The van der Waals surface area contributed by atoms with E-state index in [0.717, 1.165) is 0 Å². The molecule has 0 saturated carbocycles. The highest BCUT2D eigenvalue weighted by atomic mass is 35.5. The summed E-state index contributed by atoms with van der Waals surface area (Å²) in [6, 6.07) is 0. The Kier molecular flexibility index (Phi) is 3.79. The summed E-state index contributed by atoms with van der Waals surface area (Å²) in [5.74, 6) is -0.338. The fourth-order valence-corrected chi connectivity index (χ4v) is 2.31. The van der Waals surface area contributed by atoms with Crippen LogP contribution in [-0.4, -0.2) is 33.9 Å². The van der Waals surface area contributed by atoms with Gasteiger partial charge >= 0.3 is 5.69 Å². The SMILES string of the molecule is NC(=O)C1CCN(c2ncnc(Cl)c2[N+](=O)[O-])CC1. The summed E-state index contributed by atoms with van der Waals surface area (Å²) >= 11 is 5.73. The van der Waals surface area contributed by atoms with Crippen molar-refractivity contribution in [1.29, 1.82) is 0 Å². The van der Waals surface area contributed by atoms with E-state index in [4.69, 9.17) is 17.3 Å². The van der Waals surface area contributed by atoms with Gasteiger partial charge in [-0.05, 0) is 12.8 Å². The van der Waals surface area contributed by atoms with Crippen molar-refractivity contribution in [3.05, 3.63) is 21.6 Å². The largest absolute Gasteiger partial charge is 0.369 e. The van der Waals surface area contributed by atoms with Crippen LogP contribution in [0, 0.1) is 16.0 Å². The molecule has 1 aliphatic heterocycles. The molecule has 1 aromatic rings. The van der Waals surface area contributed by atoms with Crippen LogP contribution in [0.4, 0.5) is 11.5 Å². The number of aromatic nitrogens is 2. The lowest BCUT2D eigenvalue weighted by Gasteiger charge is -2.30. The van der Waals surface area contributed by atoms with Crippen molar-refractivity contribution in [3.8, 4) is 0 Å². The normalized spacial score (nSPS) is 16.4. The fourth-order valence-electron chi connectivity index (χ4n) is 2.11. The van der Waals surface area contributed by atoms with E-state index in [2.05, 4.69) is 9.97 Å². The molecule has 8 nitrogen and oxygen atoms in total. The van der Waals surface area contributed by atoms with Gasteiger partial charge in [-0.25, -0.2) is 9.97 Å². The Morgan fingerprint density at radius 1 is 1.47 bits per heavy atom. The van der Waals surface area contributed by atoms with E-state index in [1.807, 2.05) is 0 Å². The molecule has 102 valence electrons. The minimum Gasteiger partial charge on any atom is -0.369 e. The molecule has 1 amide bonds. The van der Waals surface area contributed by atoms with Crippen molar-refractivity contribution in [2.24, 2.45) is 11.7 Å². The van der Waals surface area contributed by atoms with Gasteiger partial charge in [0.15, 0.2) is 0 Å². The van der Waals surface area contributed by atoms with Gasteiger partial charge in [0.25, 0.3) is 0 Å². The van der Waals surface area contributed by atoms with Gasteiger partial charge in [0.05, 0.1) is 4.92 Å². The first-order valence-electron chi connectivity index (χ1n) is 5.70. The highest BCUT2D eigenvalue weighted by Crippen LogP contribution is 2.33. The zero-order chi connectivity index (χ0) is 14.0. The number of nitrogens with zero attached hydrogens (tertiary/aromatic N) is 4. The van der Waals surface area contributed by atoms with Gasteiger partial charge in [0.1, 0.15) is 6.33 Å². The Morgan fingerprint density at radius 2 is 2.11 bits per heavy atom. The number of anilines is 1. The minimum absolute atomic E-state index is 0.187. The maximum absolute atomic E-state index is 11.1. The van der Waals surface area contributed by atoms with Crippen LogP contribution in [0.1, 0.15) is 12.8 Å². The van der Waals surface area contributed by atoms with E-state index in [0.29, 0.717) is 25.9 Å². The number of amides is 1. The van der Waals surface area contributed by atoms with Gasteiger partial charge in [0.2, 0.25) is 16.9 Å². The third-order valence-corrected chi connectivity index (χ3v) is 3.41. The van der Waals surface area contributed by atoms with Crippen molar-refractivity contribution >= 4 is 29.0 Å². The van der Waals surface area contributed by atoms with E-state index in [-0.39, 0.29) is 28.5 Å². The van der Waals surface area contributed by atoms with Crippen LogP contribution >= 0.6 is 11.6 Å². The summed E-state index contributed by atoms with van der Waals surface area (Å²) in [6.07, 6.45) is 2.28. The third-order valence-electron chi connectivity index (χ3n) is 3.14. The molecule has 2 heterocycles. The number of piperidine rings is 1. The molecule has 1 aromatic heterocycles. The molecular formula is C10H12ClN5O3. The number of rotatable bonds is 3. The van der Waals surface area contributed by atoms with Crippen LogP contribution in [0.2, 0.25) is 5.15 Å². The van der Waals surface area contributed by atoms with Crippen molar-refractivity contribution in [1.82, 2.24) is 9.97 Å². The van der Waals surface area contributed by atoms with Crippen molar-refractivity contribution in [3.63, 3.8) is 0 Å². The maximum atomic E-state index is 11.1. The lowest BCUT2D eigenvalue weighted by Crippen LogP contribution is -2.39. The van der Waals surface area contributed by atoms with Crippen LogP contribution in [0.3, 0.4) is 0 Å². The molecule has 1 fully saturated rings. The Morgan fingerprint density at radius 3 is 2.63 bits per heavy atom. The number of hydrogen-bond acceptors (Lipinski definition) is 6. The first-order valence-corrected chi connectivity index (χ1v) is 6.07. The van der Waals surface area contributed by atoms with Crippen LogP contribution in [-0.2, 0) is 4.79 Å². The molecule has 2 rings (SSSR count). The van der Waals surface area contributed by atoms with E-state index in [9.17, 15) is 14.9 Å². The molecule has 0 unspecified atom stereocenters. The lowest BCUT2D eigenvalue weighted by molar-refractivity contribution is -0.384. The quantitative estimate of drug-likeness (QED) is 0.497. The molecule has 9 heteroatoms. The molecule has 2 N–H and O–H groups in total. The summed E-state index contributed by atoms with van der Waals surface area (Å²) < 4.78 is 0. The van der Waals surface area contributed by atoms with Crippen molar-refractivity contribution < 1.29 is 9.72 Å². The second-order valence-corrected chi connectivity index (χ2v) is 4.62. The summed E-state index contributed by atoms with van der Waals surface area (Å²) in [5.41, 5.74) is 4.94. The zero-order valence-corrected chi connectivity index (χ0v) is 10.7. The summed E-state index contributed by atoms with van der Waals surface area (Å²) in [4.78, 5) is 30.7. The number of nitrogens with two attached hydrogens (primary N) is 1. The topological polar surface area (TPSA) is 115 Å². The molecule has 19 heavy (non-hydrogen) atoms. The smallest absolute Gasteiger partial charge is 0.348 e. The van der Waals surface area contributed by atoms with Crippen LogP contribution < -0.4 is 10.6 Å². The van der Waals surface area contributed by atoms with Crippen LogP contribution in [0.5, 0.6) is 0 Å². The highest BCUT2D eigenvalue weighted by molar-refractivity contribution is 6.31. The van der Waals surface area contributed by atoms with Gasteiger partial charge in [-0.2, -0.15) is 0 Å². The number of nitro groups is 1. The van der Waals surface area contributed by atoms with E-state index >= 15 is 0 Å². The van der Waals surface area contributed by atoms with Gasteiger partial charge in [-0.3, -0.25) is 14.9 Å². The second-order valence-electron chi connectivity index (χ2n) is 4.26. The average molecular weight is 286 g/mol. The number of primary amides is 1. The third kappa shape index (κ3) is 2.73. The molecule has 0 spiro atoms. The van der Waals surface area contributed by atoms with Crippen LogP contribution in [0.25, 0.3) is 0 Å². The molecule has 0 radical (unpaired) electrons. The fraction of sp³-hybridized carbons (Fsp3) is 0.500. The molecule has 1 aliphatic rings. The predicted octanol–water partition coefficient (Wildman–Crippen LogP) is 0.740. The lowest BCUT2D eigenvalue weighted by atomic mass is 9.96. The van der Waals surface area contributed by atoms with Gasteiger partial charge < -0.3 is 10.6 Å². The molecule has 0 atom stereocenters. The second kappa shape index (κ2) is 5.35. The summed E-state index contributed by atoms with van der Waals surface area (Å²) in [6.45, 7) is 0.948. The standard InChI is InChI=1S/C10H12ClN5O3/c11-8-7(16(18)19)10(14-5-13-8)15-3-1-6(2-4-15)9(12)17/h5-6H,1-4H2,(H2,12,17). The number of halogens is 1. The van der Waals surface area contributed by atoms with Gasteiger partial charge in [0, 0.05) is 19.0 Å². The highest BCUT2D eigenvalue weighted by Gasteiger charge is 2.30. The average Bonchev–Trinajstić information content (AvgIpc) is 2.38. The zero-order valence-electron chi connectivity index (χ0n) is 9.95. The van der Waals surface area contributed by atoms with Gasteiger partial charge in [-0.15, -0.1) is 0 Å². The Balaban J connectivity index is 2.22. The summed E-state index contributed by atoms with van der Waals surface area (Å²) in [7, 11) is 0. The molecule has 0 aliphatic carbocycles. The first kappa shape index (κ1) is 13.5. The van der Waals surface area contributed by atoms with Gasteiger partial charge in [-0.1, -0.05) is 11.6 Å². The first-order chi connectivity index (χ1) is 9.00. The van der Waals surface area contributed by atoms with E-state index in [1.54, 1.807) is 4.90 Å². The molecule has 1 saturated heterocycles. The van der Waals surface area contributed by atoms with Crippen molar-refractivity contribution in [2.75, 3.05) is 18.0 Å². The number of carbonyl (C=O) groups excluding carboxylic acids is 1. The number of hydrogen-bond donors (Lipinski definition) is 1. The molecular weight excluding hydrogens is 274 g/mol. The molecule has 0 aromatic carbocycles. The Hall–Kier alpha value is -1.96. The predicted molar refractivity (Wildman–Crippen MR) is 67.8 cm³/mol. The van der Waals surface area contributed by atoms with E-state index in [1.165, 1.54) is 6.33 Å². The maximum Gasteiger partial charge on any atom is 0.348 e. The Labute approximate surface area is 113 Å². The molecule has 0 bridgehead atoms. The summed E-state index contributed by atoms with van der Waals surface area (Å²) in [5, 5.41) is 10.8. The Bertz CT molecular complexity index is 516.